The minimum atomic E-state index is -1.55. The fourth-order valence-electron chi connectivity index (χ4n) is 1.36. The molecule has 1 saturated heterocycles. The first kappa shape index (κ1) is 11.6. The van der Waals surface area contributed by atoms with E-state index in [1.807, 2.05) is 0 Å². The Morgan fingerprint density at radius 3 is 2.21 bits per heavy atom. The molecule has 0 saturated carbocycles. The third-order valence-electron chi connectivity index (χ3n) is 1.97. The molecule has 0 aromatic carbocycles. The van der Waals surface area contributed by atoms with Gasteiger partial charge in [-0.1, -0.05) is 0 Å². The SMILES string of the molecule is COC(O[Si](C)(C)C)=C1CCOCC1. The second kappa shape index (κ2) is 4.84. The molecule has 0 unspecified atom stereocenters. The molecule has 82 valence electrons. The Morgan fingerprint density at radius 1 is 1.21 bits per heavy atom. The van der Waals surface area contributed by atoms with Crippen LogP contribution in [0.1, 0.15) is 12.8 Å². The first-order valence-corrected chi connectivity index (χ1v) is 8.46. The zero-order valence-corrected chi connectivity index (χ0v) is 10.6. The molecule has 4 heteroatoms. The normalized spacial score (nSPS) is 17.9. The van der Waals surface area contributed by atoms with E-state index < -0.39 is 8.32 Å². The first-order valence-electron chi connectivity index (χ1n) is 5.06. The maximum atomic E-state index is 5.87. The first-order chi connectivity index (χ1) is 6.53. The van der Waals surface area contributed by atoms with Gasteiger partial charge in [-0.2, -0.15) is 0 Å². The van der Waals surface area contributed by atoms with Gasteiger partial charge in [-0.05, 0) is 32.5 Å². The monoisotopic (exact) mass is 216 g/mol. The van der Waals surface area contributed by atoms with Crippen molar-refractivity contribution in [3.05, 3.63) is 11.5 Å². The van der Waals surface area contributed by atoms with Crippen LogP contribution in [0.5, 0.6) is 0 Å². The molecule has 14 heavy (non-hydrogen) atoms. The Labute approximate surface area is 87.2 Å². The number of hydrogen-bond donors (Lipinski definition) is 0. The van der Waals surface area contributed by atoms with Crippen LogP contribution in [0.2, 0.25) is 19.6 Å². The molecule has 0 N–H and O–H groups in total. The van der Waals surface area contributed by atoms with Gasteiger partial charge >= 0.3 is 0 Å². The second-order valence-corrected chi connectivity index (χ2v) is 8.85. The fourth-order valence-corrected chi connectivity index (χ4v) is 2.14. The highest BCUT2D eigenvalue weighted by molar-refractivity contribution is 6.70. The van der Waals surface area contributed by atoms with Crippen LogP contribution in [-0.4, -0.2) is 28.6 Å². The van der Waals surface area contributed by atoms with Crippen LogP contribution in [0.3, 0.4) is 0 Å². The van der Waals surface area contributed by atoms with E-state index in [2.05, 4.69) is 19.6 Å². The van der Waals surface area contributed by atoms with E-state index in [0.29, 0.717) is 0 Å². The minimum Gasteiger partial charge on any atom is -0.520 e. The van der Waals surface area contributed by atoms with Crippen LogP contribution in [0.15, 0.2) is 11.5 Å². The van der Waals surface area contributed by atoms with Crippen LogP contribution in [0, 0.1) is 0 Å². The lowest BCUT2D eigenvalue weighted by Crippen LogP contribution is -2.26. The summed E-state index contributed by atoms with van der Waals surface area (Å²) in [5.41, 5.74) is 1.26. The van der Waals surface area contributed by atoms with Crippen LogP contribution < -0.4 is 0 Å². The molecule has 1 heterocycles. The van der Waals surface area contributed by atoms with E-state index in [1.165, 1.54) is 5.57 Å². The molecule has 0 aromatic rings. The summed E-state index contributed by atoms with van der Waals surface area (Å²) in [6.45, 7) is 8.05. The van der Waals surface area contributed by atoms with Crippen molar-refractivity contribution in [2.75, 3.05) is 20.3 Å². The predicted molar refractivity (Wildman–Crippen MR) is 58.5 cm³/mol. The van der Waals surface area contributed by atoms with Crippen molar-refractivity contribution in [2.45, 2.75) is 32.5 Å². The van der Waals surface area contributed by atoms with E-state index in [1.54, 1.807) is 7.11 Å². The molecule has 0 radical (unpaired) electrons. The zero-order valence-electron chi connectivity index (χ0n) is 9.55. The van der Waals surface area contributed by atoms with Crippen molar-refractivity contribution in [3.63, 3.8) is 0 Å². The lowest BCUT2D eigenvalue weighted by Gasteiger charge is -2.24. The topological polar surface area (TPSA) is 27.7 Å². The van der Waals surface area contributed by atoms with E-state index in [-0.39, 0.29) is 0 Å². The van der Waals surface area contributed by atoms with Crippen molar-refractivity contribution in [2.24, 2.45) is 0 Å². The molecular weight excluding hydrogens is 196 g/mol. The quantitative estimate of drug-likeness (QED) is 0.536. The molecule has 0 amide bonds. The number of rotatable bonds is 3. The molecule has 0 atom stereocenters. The highest BCUT2D eigenvalue weighted by Gasteiger charge is 2.21. The highest BCUT2D eigenvalue weighted by Crippen LogP contribution is 2.22. The summed E-state index contributed by atoms with van der Waals surface area (Å²) in [5, 5.41) is 0. The van der Waals surface area contributed by atoms with Crippen molar-refractivity contribution in [3.8, 4) is 0 Å². The summed E-state index contributed by atoms with van der Waals surface area (Å²) in [5.74, 6) is 0.743. The standard InChI is InChI=1S/C10H20O3Si/c1-11-10(13-14(2,3)4)9-5-7-12-8-6-9/h5-8H2,1-4H3. The average molecular weight is 216 g/mol. The Kier molecular flexibility index (Phi) is 4.01. The van der Waals surface area contributed by atoms with Crippen LogP contribution in [-0.2, 0) is 13.9 Å². The van der Waals surface area contributed by atoms with E-state index in [0.717, 1.165) is 32.0 Å². The fraction of sp³-hybridized carbons (Fsp3) is 0.800. The van der Waals surface area contributed by atoms with Gasteiger partial charge in [-0.15, -0.1) is 0 Å². The van der Waals surface area contributed by atoms with Gasteiger partial charge in [0.25, 0.3) is 5.95 Å². The maximum absolute atomic E-state index is 5.87. The van der Waals surface area contributed by atoms with Gasteiger partial charge in [-0.3, -0.25) is 0 Å². The summed E-state index contributed by atoms with van der Waals surface area (Å²) in [4.78, 5) is 0. The number of methoxy groups -OCH3 is 1. The van der Waals surface area contributed by atoms with Crippen LogP contribution in [0.4, 0.5) is 0 Å². The molecular formula is C10H20O3Si. The van der Waals surface area contributed by atoms with Gasteiger partial charge in [0.05, 0.1) is 20.3 Å². The summed E-state index contributed by atoms with van der Waals surface area (Å²) >= 11 is 0. The van der Waals surface area contributed by atoms with Gasteiger partial charge in [-0.25, -0.2) is 0 Å². The molecule has 1 rings (SSSR count). The van der Waals surface area contributed by atoms with Crippen molar-refractivity contribution in [1.82, 2.24) is 0 Å². The molecule has 0 aliphatic carbocycles. The third-order valence-corrected chi connectivity index (χ3v) is 2.77. The zero-order chi connectivity index (χ0) is 10.6. The lowest BCUT2D eigenvalue weighted by molar-refractivity contribution is 0.0960. The number of ether oxygens (including phenoxy) is 2. The predicted octanol–water partition coefficient (Wildman–Crippen LogP) is 2.51. The van der Waals surface area contributed by atoms with Crippen molar-refractivity contribution in [1.29, 1.82) is 0 Å². The van der Waals surface area contributed by atoms with Crippen molar-refractivity contribution < 1.29 is 13.9 Å². The summed E-state index contributed by atoms with van der Waals surface area (Å²) in [6.07, 6.45) is 1.88. The minimum absolute atomic E-state index is 0.743. The summed E-state index contributed by atoms with van der Waals surface area (Å²) in [7, 11) is 0.130. The largest absolute Gasteiger partial charge is 0.520 e. The van der Waals surface area contributed by atoms with Gasteiger partial charge < -0.3 is 13.9 Å². The van der Waals surface area contributed by atoms with Crippen molar-refractivity contribution >= 4 is 8.32 Å². The maximum Gasteiger partial charge on any atom is 0.264 e. The molecule has 0 spiro atoms. The average Bonchev–Trinajstić information content (AvgIpc) is 2.14. The van der Waals surface area contributed by atoms with Crippen LogP contribution >= 0.6 is 0 Å². The molecule has 0 bridgehead atoms. The molecule has 1 aliphatic heterocycles. The Bertz CT molecular complexity index is 210. The smallest absolute Gasteiger partial charge is 0.264 e. The molecule has 1 aliphatic rings. The Morgan fingerprint density at radius 2 is 1.79 bits per heavy atom. The van der Waals surface area contributed by atoms with Gasteiger partial charge in [0.15, 0.2) is 0 Å². The Hall–Kier alpha value is -0.483. The van der Waals surface area contributed by atoms with E-state index in [9.17, 15) is 0 Å². The highest BCUT2D eigenvalue weighted by atomic mass is 28.4. The van der Waals surface area contributed by atoms with Gasteiger partial charge in [0.2, 0.25) is 8.32 Å². The lowest BCUT2D eigenvalue weighted by atomic mass is 10.1. The molecule has 1 fully saturated rings. The van der Waals surface area contributed by atoms with Gasteiger partial charge in [0, 0.05) is 5.57 Å². The van der Waals surface area contributed by atoms with Crippen LogP contribution in [0.25, 0.3) is 0 Å². The Balaban J connectivity index is 2.67. The van der Waals surface area contributed by atoms with E-state index >= 15 is 0 Å². The second-order valence-electron chi connectivity index (χ2n) is 4.42. The third kappa shape index (κ3) is 3.72. The molecule has 0 aromatic heterocycles. The summed E-state index contributed by atoms with van der Waals surface area (Å²) in [6, 6.07) is 0. The summed E-state index contributed by atoms with van der Waals surface area (Å²) < 4.78 is 16.5. The number of hydrogen-bond acceptors (Lipinski definition) is 3. The molecule has 3 nitrogen and oxygen atoms in total. The van der Waals surface area contributed by atoms with Gasteiger partial charge in [0.1, 0.15) is 0 Å². The van der Waals surface area contributed by atoms with E-state index in [4.69, 9.17) is 13.9 Å².